The Bertz CT molecular complexity index is 1050. The molecule has 3 aromatic carbocycles. The van der Waals surface area contributed by atoms with Crippen molar-refractivity contribution in [3.63, 3.8) is 0 Å². The minimum atomic E-state index is -0.425. The normalized spacial score (nSPS) is 10.4. The average molecular weight is 469 g/mol. The van der Waals surface area contributed by atoms with Crippen LogP contribution in [0.2, 0.25) is 0 Å². The second-order valence-corrected chi connectivity index (χ2v) is 7.10. The first kappa shape index (κ1) is 24.7. The maximum atomic E-state index is 10.9. The molecule has 0 aliphatic carbocycles. The predicted molar refractivity (Wildman–Crippen MR) is 127 cm³/mol. The molecule has 0 atom stereocenters. The van der Waals surface area contributed by atoms with Crippen molar-refractivity contribution in [1.82, 2.24) is 5.32 Å². The van der Waals surface area contributed by atoms with E-state index in [0.29, 0.717) is 60.6 Å². The van der Waals surface area contributed by atoms with Gasteiger partial charge in [0.15, 0.2) is 23.0 Å². The van der Waals surface area contributed by atoms with Crippen LogP contribution >= 0.6 is 0 Å². The number of methoxy groups -OCH3 is 2. The molecule has 0 fully saturated rings. The molecule has 34 heavy (non-hydrogen) atoms. The summed E-state index contributed by atoms with van der Waals surface area (Å²) in [5, 5.41) is 14.2. The molecule has 0 aliphatic rings. The van der Waals surface area contributed by atoms with Crippen molar-refractivity contribution < 1.29 is 28.6 Å². The van der Waals surface area contributed by atoms with E-state index in [9.17, 15) is 10.1 Å². The van der Waals surface area contributed by atoms with Crippen molar-refractivity contribution in [2.45, 2.75) is 6.61 Å². The van der Waals surface area contributed by atoms with Gasteiger partial charge < -0.3 is 29.0 Å². The molecule has 0 saturated carbocycles. The largest absolute Gasteiger partial charge is 0.493 e. The number of nitro groups is 1. The summed E-state index contributed by atoms with van der Waals surface area (Å²) in [6, 6.07) is 19.2. The van der Waals surface area contributed by atoms with Crippen molar-refractivity contribution in [2.75, 3.05) is 40.5 Å². The Morgan fingerprint density at radius 2 is 1.35 bits per heavy atom. The highest BCUT2D eigenvalue weighted by Gasteiger charge is 2.11. The molecule has 0 aromatic heterocycles. The van der Waals surface area contributed by atoms with Crippen LogP contribution in [0.25, 0.3) is 0 Å². The summed E-state index contributed by atoms with van der Waals surface area (Å²) in [6.07, 6.45) is 0. The second-order valence-electron chi connectivity index (χ2n) is 7.10. The lowest BCUT2D eigenvalue weighted by Gasteiger charge is -2.15. The molecule has 0 spiro atoms. The number of hydrogen-bond acceptors (Lipinski definition) is 8. The van der Waals surface area contributed by atoms with Crippen molar-refractivity contribution in [1.29, 1.82) is 0 Å². The van der Waals surface area contributed by atoms with E-state index in [-0.39, 0.29) is 12.3 Å². The zero-order valence-corrected chi connectivity index (χ0v) is 19.2. The molecular formula is C25H28N2O7. The highest BCUT2D eigenvalue weighted by molar-refractivity contribution is 5.51. The van der Waals surface area contributed by atoms with Gasteiger partial charge in [0.1, 0.15) is 19.8 Å². The summed E-state index contributed by atoms with van der Waals surface area (Å²) in [5.74, 6) is 2.97. The van der Waals surface area contributed by atoms with Gasteiger partial charge in [-0.1, -0.05) is 30.3 Å². The Morgan fingerprint density at radius 3 is 2.00 bits per heavy atom. The third kappa shape index (κ3) is 7.01. The smallest absolute Gasteiger partial charge is 0.269 e. The number of hydrogen-bond donors (Lipinski definition) is 1. The van der Waals surface area contributed by atoms with Crippen molar-refractivity contribution in [2.24, 2.45) is 0 Å². The van der Waals surface area contributed by atoms with Gasteiger partial charge in [-0.15, -0.1) is 0 Å². The Morgan fingerprint density at radius 1 is 0.765 bits per heavy atom. The maximum Gasteiger partial charge on any atom is 0.269 e. The number of nitrogens with one attached hydrogen (secondary N) is 1. The van der Waals surface area contributed by atoms with Gasteiger partial charge in [0, 0.05) is 25.2 Å². The molecule has 0 unspecified atom stereocenters. The predicted octanol–water partition coefficient (Wildman–Crippen LogP) is 4.24. The van der Waals surface area contributed by atoms with Crippen molar-refractivity contribution >= 4 is 5.69 Å². The summed E-state index contributed by atoms with van der Waals surface area (Å²) >= 11 is 0. The zero-order chi connectivity index (χ0) is 24.2. The number of nitrogens with zero attached hydrogens (tertiary/aromatic N) is 1. The number of ether oxygens (including phenoxy) is 5. The Labute approximate surface area is 198 Å². The molecular weight excluding hydrogens is 440 g/mol. The lowest BCUT2D eigenvalue weighted by atomic mass is 10.2. The summed E-state index contributed by atoms with van der Waals surface area (Å²) in [7, 11) is 3.17. The number of rotatable bonds is 14. The molecule has 0 bridgehead atoms. The molecule has 3 rings (SSSR count). The van der Waals surface area contributed by atoms with Gasteiger partial charge >= 0.3 is 0 Å². The first-order chi connectivity index (χ1) is 16.6. The van der Waals surface area contributed by atoms with Crippen LogP contribution < -0.4 is 29.0 Å². The molecule has 1 N–H and O–H groups in total. The summed E-state index contributed by atoms with van der Waals surface area (Å²) < 4.78 is 28.1. The lowest BCUT2D eigenvalue weighted by molar-refractivity contribution is -0.384. The fourth-order valence-corrected chi connectivity index (χ4v) is 3.15. The van der Waals surface area contributed by atoms with Crippen LogP contribution in [0.5, 0.6) is 28.7 Å². The highest BCUT2D eigenvalue weighted by atomic mass is 16.6. The van der Waals surface area contributed by atoms with Gasteiger partial charge in [0.25, 0.3) is 5.69 Å². The fourth-order valence-electron chi connectivity index (χ4n) is 3.15. The fraction of sp³-hybridized carbons (Fsp3) is 0.280. The van der Waals surface area contributed by atoms with Crippen LogP contribution in [0, 0.1) is 10.1 Å². The van der Waals surface area contributed by atoms with E-state index in [4.69, 9.17) is 23.7 Å². The van der Waals surface area contributed by atoms with Crippen LogP contribution in [-0.4, -0.2) is 45.4 Å². The molecule has 9 heteroatoms. The second kappa shape index (κ2) is 12.9. The molecule has 180 valence electrons. The van der Waals surface area contributed by atoms with Crippen LogP contribution in [0.3, 0.4) is 0 Å². The minimum absolute atomic E-state index is 0.0323. The van der Waals surface area contributed by atoms with Gasteiger partial charge in [-0.2, -0.15) is 0 Å². The molecule has 0 amide bonds. The van der Waals surface area contributed by atoms with E-state index in [1.54, 1.807) is 32.4 Å². The topological polar surface area (TPSA) is 101 Å². The monoisotopic (exact) mass is 468 g/mol. The lowest BCUT2D eigenvalue weighted by Crippen LogP contribution is -2.26. The quantitative estimate of drug-likeness (QED) is 0.213. The third-order valence-corrected chi connectivity index (χ3v) is 4.81. The third-order valence-electron chi connectivity index (χ3n) is 4.81. The van der Waals surface area contributed by atoms with Gasteiger partial charge in [-0.05, 0) is 29.8 Å². The first-order valence-corrected chi connectivity index (χ1v) is 10.7. The van der Waals surface area contributed by atoms with Crippen molar-refractivity contribution in [3.05, 3.63) is 82.4 Å². The van der Waals surface area contributed by atoms with Gasteiger partial charge in [0.05, 0.1) is 19.1 Å². The van der Waals surface area contributed by atoms with E-state index in [2.05, 4.69) is 5.32 Å². The number of nitro benzene ring substituents is 1. The van der Waals surface area contributed by atoms with Gasteiger partial charge in [0.2, 0.25) is 5.75 Å². The standard InChI is InChI=1S/C25H28N2O7/c1-30-23-11-6-12-24(31-2)25(23)33-16-14-26-13-15-32-21-9-3-4-10-22(21)34-18-19-7-5-8-20(17-19)27(28)29/h3-12,17,26H,13-16,18H2,1-2H3. The molecule has 0 saturated heterocycles. The molecule has 0 aliphatic heterocycles. The first-order valence-electron chi connectivity index (χ1n) is 10.7. The van der Waals surface area contributed by atoms with Crippen LogP contribution in [0.15, 0.2) is 66.7 Å². The molecule has 0 radical (unpaired) electrons. The van der Waals surface area contributed by atoms with Crippen LogP contribution in [0.1, 0.15) is 5.56 Å². The SMILES string of the molecule is COc1cccc(OC)c1OCCNCCOc1ccccc1OCc1cccc([N+](=O)[O-])c1. The molecule has 3 aromatic rings. The molecule has 9 nitrogen and oxygen atoms in total. The number of non-ortho nitro benzene ring substituents is 1. The van der Waals surface area contributed by atoms with E-state index < -0.39 is 4.92 Å². The Balaban J connectivity index is 1.41. The van der Waals surface area contributed by atoms with Crippen LogP contribution in [-0.2, 0) is 6.61 Å². The van der Waals surface area contributed by atoms with E-state index >= 15 is 0 Å². The van der Waals surface area contributed by atoms with E-state index in [0.717, 1.165) is 0 Å². The zero-order valence-electron chi connectivity index (χ0n) is 19.2. The van der Waals surface area contributed by atoms with E-state index in [1.165, 1.54) is 12.1 Å². The van der Waals surface area contributed by atoms with Gasteiger partial charge in [-0.25, -0.2) is 0 Å². The Hall–Kier alpha value is -3.98. The van der Waals surface area contributed by atoms with Crippen molar-refractivity contribution in [3.8, 4) is 28.7 Å². The number of para-hydroxylation sites is 3. The molecule has 0 heterocycles. The Kier molecular flexibility index (Phi) is 9.36. The van der Waals surface area contributed by atoms with E-state index in [1.807, 2.05) is 36.4 Å². The maximum absolute atomic E-state index is 10.9. The summed E-state index contributed by atoms with van der Waals surface area (Å²) in [6.45, 7) is 2.26. The van der Waals surface area contributed by atoms with Crippen LogP contribution in [0.4, 0.5) is 5.69 Å². The average Bonchev–Trinajstić information content (AvgIpc) is 2.87. The number of benzene rings is 3. The van der Waals surface area contributed by atoms with Gasteiger partial charge in [-0.3, -0.25) is 10.1 Å². The minimum Gasteiger partial charge on any atom is -0.493 e. The summed E-state index contributed by atoms with van der Waals surface area (Å²) in [4.78, 5) is 10.5. The summed E-state index contributed by atoms with van der Waals surface area (Å²) in [5.41, 5.74) is 0.738. The highest BCUT2D eigenvalue weighted by Crippen LogP contribution is 2.36.